The van der Waals surface area contributed by atoms with Gasteiger partial charge in [0.1, 0.15) is 0 Å². The van der Waals surface area contributed by atoms with E-state index in [9.17, 15) is 9.90 Å². The molecule has 0 radical (unpaired) electrons. The summed E-state index contributed by atoms with van der Waals surface area (Å²) in [5, 5.41) is 12.6. The lowest BCUT2D eigenvalue weighted by Gasteiger charge is -2.05. The maximum atomic E-state index is 11.0. The fraction of sp³-hybridized carbons (Fsp3) is 0.353. The molecule has 1 amide bonds. The van der Waals surface area contributed by atoms with Crippen molar-refractivity contribution < 1.29 is 9.90 Å². The normalized spacial score (nSPS) is 19.4. The van der Waals surface area contributed by atoms with Crippen LogP contribution in [0.25, 0.3) is 0 Å². The molecule has 3 heteroatoms. The van der Waals surface area contributed by atoms with E-state index in [1.807, 2.05) is 36.4 Å². The Balaban J connectivity index is 1.70. The molecule has 0 saturated carbocycles. The van der Waals surface area contributed by atoms with E-state index in [-0.39, 0.29) is 11.9 Å². The summed E-state index contributed by atoms with van der Waals surface area (Å²) in [6.45, 7) is 0. The predicted octanol–water partition coefficient (Wildman–Crippen LogP) is 2.01. The summed E-state index contributed by atoms with van der Waals surface area (Å²) in [5.74, 6) is 6.20. The van der Waals surface area contributed by atoms with Crippen LogP contribution in [0.4, 0.5) is 0 Å². The molecule has 2 atom stereocenters. The summed E-state index contributed by atoms with van der Waals surface area (Å²) >= 11 is 0. The zero-order valence-electron chi connectivity index (χ0n) is 11.4. The highest BCUT2D eigenvalue weighted by Crippen LogP contribution is 2.08. The molecule has 0 spiro atoms. The molecule has 2 rings (SSSR count). The molecule has 1 aromatic rings. The third-order valence-corrected chi connectivity index (χ3v) is 3.17. The minimum absolute atomic E-state index is 0.0764. The van der Waals surface area contributed by atoms with Crippen molar-refractivity contribution in [3.05, 3.63) is 48.0 Å². The van der Waals surface area contributed by atoms with Gasteiger partial charge in [-0.1, -0.05) is 42.2 Å². The van der Waals surface area contributed by atoms with Gasteiger partial charge in [0.2, 0.25) is 5.91 Å². The van der Waals surface area contributed by atoms with E-state index < -0.39 is 6.10 Å². The average molecular weight is 269 g/mol. The number of benzene rings is 1. The van der Waals surface area contributed by atoms with Crippen LogP contribution in [0.5, 0.6) is 0 Å². The number of hydrogen-bond donors (Lipinski definition) is 2. The van der Waals surface area contributed by atoms with Gasteiger partial charge in [-0.25, -0.2) is 0 Å². The number of nitrogens with one attached hydrogen (secondary N) is 1. The first-order valence-corrected chi connectivity index (χ1v) is 6.94. The summed E-state index contributed by atoms with van der Waals surface area (Å²) in [5.41, 5.74) is 0.992. The third kappa shape index (κ3) is 4.91. The maximum Gasteiger partial charge on any atom is 0.220 e. The van der Waals surface area contributed by atoms with Crippen molar-refractivity contribution in [1.82, 2.24) is 5.32 Å². The fourth-order valence-corrected chi connectivity index (χ4v) is 2.05. The predicted molar refractivity (Wildman–Crippen MR) is 78.9 cm³/mol. The van der Waals surface area contributed by atoms with Gasteiger partial charge < -0.3 is 10.4 Å². The Kier molecular flexibility index (Phi) is 5.40. The molecule has 0 aromatic heterocycles. The molecule has 1 saturated heterocycles. The van der Waals surface area contributed by atoms with E-state index in [2.05, 4.69) is 17.2 Å². The van der Waals surface area contributed by atoms with Crippen molar-refractivity contribution in [2.45, 2.75) is 37.8 Å². The van der Waals surface area contributed by atoms with Gasteiger partial charge in [0.25, 0.3) is 0 Å². The van der Waals surface area contributed by atoms with Crippen molar-refractivity contribution in [3.63, 3.8) is 0 Å². The Hall–Kier alpha value is -2.05. The van der Waals surface area contributed by atoms with Gasteiger partial charge in [-0.05, 0) is 25.0 Å². The van der Waals surface area contributed by atoms with Gasteiger partial charge in [-0.3, -0.25) is 4.79 Å². The van der Waals surface area contributed by atoms with Crippen LogP contribution in [0.3, 0.4) is 0 Å². The maximum absolute atomic E-state index is 11.0. The molecule has 104 valence electrons. The quantitative estimate of drug-likeness (QED) is 0.649. The van der Waals surface area contributed by atoms with Crippen LogP contribution in [0, 0.1) is 11.8 Å². The van der Waals surface area contributed by atoms with E-state index in [0.717, 1.165) is 12.0 Å². The Morgan fingerprint density at radius 1 is 1.40 bits per heavy atom. The monoisotopic (exact) mass is 269 g/mol. The van der Waals surface area contributed by atoms with Crippen LogP contribution in [0.1, 0.15) is 31.2 Å². The van der Waals surface area contributed by atoms with Gasteiger partial charge in [0.05, 0.1) is 6.10 Å². The molecule has 3 nitrogen and oxygen atoms in total. The van der Waals surface area contributed by atoms with Gasteiger partial charge in [0.15, 0.2) is 0 Å². The molecule has 1 aliphatic rings. The summed E-state index contributed by atoms with van der Waals surface area (Å²) in [6.07, 6.45) is 5.77. The lowest BCUT2D eigenvalue weighted by atomic mass is 10.1. The molecule has 2 N–H and O–H groups in total. The molecule has 1 fully saturated rings. The van der Waals surface area contributed by atoms with E-state index >= 15 is 0 Å². The van der Waals surface area contributed by atoms with Gasteiger partial charge in [-0.15, -0.1) is 0 Å². The average Bonchev–Trinajstić information content (AvgIpc) is 2.88. The number of hydrogen-bond acceptors (Lipinski definition) is 2. The molecule has 1 aromatic carbocycles. The SMILES string of the molecule is O=C1CC[C@H](/C=C/[C@H](O)CCC#Cc2ccccc2)N1. The number of aliphatic hydroxyl groups is 1. The molecule has 0 aliphatic carbocycles. The smallest absolute Gasteiger partial charge is 0.220 e. The topological polar surface area (TPSA) is 49.3 Å². The van der Waals surface area contributed by atoms with Crippen LogP contribution in [0.2, 0.25) is 0 Å². The van der Waals surface area contributed by atoms with Crippen LogP contribution < -0.4 is 5.32 Å². The summed E-state index contributed by atoms with van der Waals surface area (Å²) in [4.78, 5) is 11.0. The molecule has 20 heavy (non-hydrogen) atoms. The molecule has 1 aliphatic heterocycles. The van der Waals surface area contributed by atoms with Crippen molar-refractivity contribution in [3.8, 4) is 11.8 Å². The van der Waals surface area contributed by atoms with E-state index in [1.165, 1.54) is 0 Å². The van der Waals surface area contributed by atoms with Crippen molar-refractivity contribution >= 4 is 5.91 Å². The van der Waals surface area contributed by atoms with E-state index in [4.69, 9.17) is 0 Å². The van der Waals surface area contributed by atoms with Crippen molar-refractivity contribution in [2.24, 2.45) is 0 Å². The number of amides is 1. The van der Waals surface area contributed by atoms with Gasteiger partial charge in [-0.2, -0.15) is 0 Å². The van der Waals surface area contributed by atoms with E-state index in [0.29, 0.717) is 19.3 Å². The molecular weight excluding hydrogens is 250 g/mol. The largest absolute Gasteiger partial charge is 0.389 e. The first-order valence-electron chi connectivity index (χ1n) is 6.94. The first kappa shape index (κ1) is 14.4. The van der Waals surface area contributed by atoms with Gasteiger partial charge in [0, 0.05) is 24.4 Å². The number of aliphatic hydroxyl groups excluding tert-OH is 1. The number of rotatable bonds is 4. The van der Waals surface area contributed by atoms with E-state index in [1.54, 1.807) is 6.08 Å². The second-order valence-corrected chi connectivity index (χ2v) is 4.87. The third-order valence-electron chi connectivity index (χ3n) is 3.17. The molecule has 0 unspecified atom stereocenters. The second-order valence-electron chi connectivity index (χ2n) is 4.87. The minimum Gasteiger partial charge on any atom is -0.389 e. The Morgan fingerprint density at radius 2 is 2.20 bits per heavy atom. The highest BCUT2D eigenvalue weighted by atomic mass is 16.3. The first-order chi connectivity index (χ1) is 9.74. The zero-order chi connectivity index (χ0) is 14.2. The molecule has 1 heterocycles. The Morgan fingerprint density at radius 3 is 2.90 bits per heavy atom. The lowest BCUT2D eigenvalue weighted by Crippen LogP contribution is -2.23. The zero-order valence-corrected chi connectivity index (χ0v) is 11.4. The van der Waals surface area contributed by atoms with Crippen LogP contribution in [-0.2, 0) is 4.79 Å². The summed E-state index contributed by atoms with van der Waals surface area (Å²) < 4.78 is 0. The summed E-state index contributed by atoms with van der Waals surface area (Å²) in [6, 6.07) is 9.88. The molecular formula is C17H19NO2. The van der Waals surface area contributed by atoms with Crippen LogP contribution in [-0.4, -0.2) is 23.2 Å². The Labute approximate surface area is 119 Å². The van der Waals surface area contributed by atoms with Crippen LogP contribution in [0.15, 0.2) is 42.5 Å². The number of carbonyl (C=O) groups is 1. The van der Waals surface area contributed by atoms with Crippen molar-refractivity contribution in [2.75, 3.05) is 0 Å². The highest BCUT2D eigenvalue weighted by molar-refractivity contribution is 5.78. The van der Waals surface area contributed by atoms with Crippen molar-refractivity contribution in [1.29, 1.82) is 0 Å². The standard InChI is InChI=1S/C17H19NO2/c19-16(12-10-15-11-13-17(20)18-15)9-5-4-8-14-6-2-1-3-7-14/h1-3,6-7,10,12,15-16,19H,5,9,11,13H2,(H,18,20)/b12-10+/t15-,16+/m0/s1. The highest BCUT2D eigenvalue weighted by Gasteiger charge is 2.17. The second kappa shape index (κ2) is 7.52. The summed E-state index contributed by atoms with van der Waals surface area (Å²) in [7, 11) is 0. The van der Waals surface area contributed by atoms with Crippen LogP contribution >= 0.6 is 0 Å². The molecule has 0 bridgehead atoms. The van der Waals surface area contributed by atoms with Gasteiger partial charge >= 0.3 is 0 Å². The minimum atomic E-state index is -0.502. The Bertz CT molecular complexity index is 525. The number of carbonyl (C=O) groups excluding carboxylic acids is 1. The lowest BCUT2D eigenvalue weighted by molar-refractivity contribution is -0.119. The fourth-order valence-electron chi connectivity index (χ4n) is 2.05.